The molecule has 3 rings (SSSR count). The summed E-state index contributed by atoms with van der Waals surface area (Å²) >= 11 is 2.06. The molecule has 0 spiro atoms. The minimum absolute atomic E-state index is 0.0412. The molecule has 2 aliphatic rings. The number of likely N-dealkylation sites (tertiary alicyclic amines) is 1. The Hall–Kier alpha value is -0.820. The highest BCUT2D eigenvalue weighted by Crippen LogP contribution is 2.27. The highest BCUT2D eigenvalue weighted by atomic mass is 127. The third kappa shape index (κ3) is 3.34. The first-order chi connectivity index (χ1) is 10.1. The molecule has 0 aromatic heterocycles. The maximum absolute atomic E-state index is 12.5. The van der Waals surface area contributed by atoms with Gasteiger partial charge >= 0.3 is 0 Å². The lowest BCUT2D eigenvalue weighted by Crippen LogP contribution is -2.43. The Bertz CT molecular complexity index is 521. The molecule has 0 bridgehead atoms. The fourth-order valence-electron chi connectivity index (χ4n) is 3.45. The zero-order valence-corrected chi connectivity index (χ0v) is 14.2. The summed E-state index contributed by atoms with van der Waals surface area (Å²) in [4.78, 5) is 14.4. The van der Waals surface area contributed by atoms with Crippen LogP contribution in [0, 0.1) is 9.49 Å². The van der Waals surface area contributed by atoms with E-state index in [2.05, 4.69) is 27.9 Å². The van der Waals surface area contributed by atoms with Crippen LogP contribution in [0.1, 0.15) is 36.0 Å². The van der Waals surface area contributed by atoms with Gasteiger partial charge in [-0.2, -0.15) is 0 Å². The maximum Gasteiger partial charge on any atom is 0.253 e. The molecule has 2 heterocycles. The molecular formula is C16H21IN2O2. The Morgan fingerprint density at radius 2 is 2.05 bits per heavy atom. The molecular weight excluding hydrogens is 379 g/mol. The molecule has 2 saturated heterocycles. The number of rotatable bonds is 2. The van der Waals surface area contributed by atoms with E-state index in [4.69, 9.17) is 0 Å². The third-order valence-corrected chi connectivity index (χ3v) is 5.60. The molecule has 0 radical (unpaired) electrons. The van der Waals surface area contributed by atoms with E-state index in [0.717, 1.165) is 36.0 Å². The van der Waals surface area contributed by atoms with Crippen molar-refractivity contribution in [2.24, 2.45) is 5.92 Å². The van der Waals surface area contributed by atoms with Gasteiger partial charge in [0.25, 0.3) is 5.91 Å². The lowest BCUT2D eigenvalue weighted by atomic mass is 9.88. The van der Waals surface area contributed by atoms with Crippen molar-refractivity contribution in [3.63, 3.8) is 0 Å². The van der Waals surface area contributed by atoms with Crippen molar-refractivity contribution in [3.05, 3.63) is 27.3 Å². The number of carbonyl (C=O) groups is 1. The predicted octanol–water partition coefficient (Wildman–Crippen LogP) is 2.60. The molecule has 2 fully saturated rings. The summed E-state index contributed by atoms with van der Waals surface area (Å²) in [7, 11) is 0. The van der Waals surface area contributed by atoms with Crippen LogP contribution in [0.4, 0.5) is 0 Å². The molecule has 1 amide bonds. The number of hydrogen-bond donors (Lipinski definition) is 2. The largest absolute Gasteiger partial charge is 0.507 e. The van der Waals surface area contributed by atoms with E-state index >= 15 is 0 Å². The van der Waals surface area contributed by atoms with Crippen molar-refractivity contribution in [1.29, 1.82) is 0 Å². The predicted molar refractivity (Wildman–Crippen MR) is 90.5 cm³/mol. The number of nitrogens with zero attached hydrogens (tertiary/aromatic N) is 1. The molecule has 0 saturated carbocycles. The molecule has 2 N–H and O–H groups in total. The zero-order chi connectivity index (χ0) is 14.8. The van der Waals surface area contributed by atoms with Gasteiger partial charge in [-0.25, -0.2) is 0 Å². The van der Waals surface area contributed by atoms with Crippen LogP contribution in [0.15, 0.2) is 18.2 Å². The Kier molecular flexibility index (Phi) is 4.69. The van der Waals surface area contributed by atoms with Gasteiger partial charge in [-0.05, 0) is 78.9 Å². The summed E-state index contributed by atoms with van der Waals surface area (Å²) in [6, 6.07) is 5.83. The molecule has 1 atom stereocenters. The van der Waals surface area contributed by atoms with E-state index in [1.807, 2.05) is 4.90 Å². The van der Waals surface area contributed by atoms with Gasteiger partial charge in [0.15, 0.2) is 0 Å². The van der Waals surface area contributed by atoms with Crippen LogP contribution in [0.3, 0.4) is 0 Å². The second kappa shape index (κ2) is 6.52. The van der Waals surface area contributed by atoms with Crippen LogP contribution in [0.25, 0.3) is 0 Å². The Balaban J connectivity index is 1.60. The Morgan fingerprint density at radius 1 is 1.29 bits per heavy atom. The molecule has 0 aliphatic carbocycles. The number of aromatic hydroxyl groups is 1. The van der Waals surface area contributed by atoms with Gasteiger partial charge in [-0.15, -0.1) is 0 Å². The van der Waals surface area contributed by atoms with Crippen molar-refractivity contribution in [2.75, 3.05) is 19.6 Å². The normalized spacial score (nSPS) is 23.5. The molecule has 1 unspecified atom stereocenters. The molecule has 21 heavy (non-hydrogen) atoms. The van der Waals surface area contributed by atoms with E-state index in [1.54, 1.807) is 18.2 Å². The minimum Gasteiger partial charge on any atom is -0.507 e. The van der Waals surface area contributed by atoms with E-state index in [9.17, 15) is 9.90 Å². The molecule has 4 nitrogen and oxygen atoms in total. The van der Waals surface area contributed by atoms with Crippen molar-refractivity contribution in [2.45, 2.75) is 31.7 Å². The van der Waals surface area contributed by atoms with Crippen LogP contribution in [0.5, 0.6) is 5.75 Å². The van der Waals surface area contributed by atoms with Gasteiger partial charge in [0.1, 0.15) is 5.75 Å². The highest BCUT2D eigenvalue weighted by molar-refractivity contribution is 14.1. The van der Waals surface area contributed by atoms with Crippen molar-refractivity contribution >= 4 is 28.5 Å². The summed E-state index contributed by atoms with van der Waals surface area (Å²) in [5.41, 5.74) is 0.588. The number of halogens is 1. The Morgan fingerprint density at radius 3 is 2.67 bits per heavy atom. The number of amides is 1. The fraction of sp³-hybridized carbons (Fsp3) is 0.562. The Labute approximate surface area is 139 Å². The molecule has 1 aromatic rings. The third-order valence-electron chi connectivity index (χ3n) is 4.69. The van der Waals surface area contributed by atoms with Crippen LogP contribution in [-0.4, -0.2) is 41.6 Å². The summed E-state index contributed by atoms with van der Waals surface area (Å²) in [5.74, 6) is 0.938. The second-order valence-corrected chi connectivity index (χ2v) is 7.16. The number of nitrogens with one attached hydrogen (secondary N) is 1. The SMILES string of the molecule is O=C(c1ccc(I)c(O)c1)N1CCC(C2CCCN2)CC1. The lowest BCUT2D eigenvalue weighted by Gasteiger charge is -2.35. The number of carbonyl (C=O) groups excluding carboxylic acids is 1. The number of piperidine rings is 1. The first-order valence-electron chi connectivity index (χ1n) is 7.66. The van der Waals surface area contributed by atoms with Crippen LogP contribution < -0.4 is 5.32 Å². The van der Waals surface area contributed by atoms with Crippen molar-refractivity contribution in [1.82, 2.24) is 10.2 Å². The monoisotopic (exact) mass is 400 g/mol. The second-order valence-electron chi connectivity index (χ2n) is 6.00. The highest BCUT2D eigenvalue weighted by Gasteiger charge is 2.30. The standard InChI is InChI=1S/C16H21IN2O2/c17-13-4-3-12(10-15(13)20)16(21)19-8-5-11(6-9-19)14-2-1-7-18-14/h3-4,10-11,14,18,20H,1-2,5-9H2. The van der Waals surface area contributed by atoms with E-state index in [-0.39, 0.29) is 11.7 Å². The first kappa shape index (κ1) is 15.1. The number of phenolic OH excluding ortho intramolecular Hbond substituents is 1. The van der Waals surface area contributed by atoms with Gasteiger partial charge in [-0.3, -0.25) is 4.79 Å². The number of phenols is 1. The average Bonchev–Trinajstić information content (AvgIpc) is 3.04. The summed E-state index contributed by atoms with van der Waals surface area (Å²) in [6.07, 6.45) is 4.73. The van der Waals surface area contributed by atoms with Crippen LogP contribution >= 0.6 is 22.6 Å². The van der Waals surface area contributed by atoms with Crippen LogP contribution in [0.2, 0.25) is 0 Å². The summed E-state index contributed by atoms with van der Waals surface area (Å²) < 4.78 is 0.773. The molecule has 114 valence electrons. The van der Waals surface area contributed by atoms with Gasteiger partial charge in [0.05, 0.1) is 3.57 Å². The maximum atomic E-state index is 12.5. The molecule has 5 heteroatoms. The number of hydrogen-bond acceptors (Lipinski definition) is 3. The zero-order valence-electron chi connectivity index (χ0n) is 12.0. The summed E-state index contributed by atoms with van der Waals surface area (Å²) in [5, 5.41) is 13.3. The van der Waals surface area contributed by atoms with Gasteiger partial charge < -0.3 is 15.3 Å². The van der Waals surface area contributed by atoms with E-state index in [0.29, 0.717) is 17.5 Å². The smallest absolute Gasteiger partial charge is 0.253 e. The van der Waals surface area contributed by atoms with Crippen molar-refractivity contribution in [3.8, 4) is 5.75 Å². The molecule has 2 aliphatic heterocycles. The van der Waals surface area contributed by atoms with Crippen molar-refractivity contribution < 1.29 is 9.90 Å². The minimum atomic E-state index is 0.0412. The fourth-order valence-corrected chi connectivity index (χ4v) is 3.78. The van der Waals surface area contributed by atoms with Gasteiger partial charge in [0, 0.05) is 24.7 Å². The van der Waals surface area contributed by atoms with Gasteiger partial charge in [0.2, 0.25) is 0 Å². The van der Waals surface area contributed by atoms with E-state index in [1.165, 1.54) is 12.8 Å². The van der Waals surface area contributed by atoms with Crippen LogP contribution in [-0.2, 0) is 0 Å². The van der Waals surface area contributed by atoms with E-state index < -0.39 is 0 Å². The summed E-state index contributed by atoms with van der Waals surface area (Å²) in [6.45, 7) is 2.80. The topological polar surface area (TPSA) is 52.6 Å². The first-order valence-corrected chi connectivity index (χ1v) is 8.74. The quantitative estimate of drug-likeness (QED) is 0.751. The lowest BCUT2D eigenvalue weighted by molar-refractivity contribution is 0.0674. The average molecular weight is 400 g/mol. The number of benzene rings is 1. The molecule has 1 aromatic carbocycles. The van der Waals surface area contributed by atoms with Gasteiger partial charge in [-0.1, -0.05) is 0 Å².